The maximum absolute atomic E-state index is 13.5. The van der Waals surface area contributed by atoms with Crippen molar-refractivity contribution in [3.05, 3.63) is 35.4 Å². The van der Waals surface area contributed by atoms with Crippen molar-refractivity contribution in [2.75, 3.05) is 25.1 Å². The molecule has 0 aliphatic heterocycles. The number of rotatable bonds is 13. The van der Waals surface area contributed by atoms with Crippen molar-refractivity contribution in [1.82, 2.24) is 16.0 Å². The van der Waals surface area contributed by atoms with Gasteiger partial charge in [0, 0.05) is 32.3 Å². The van der Waals surface area contributed by atoms with Crippen LogP contribution in [0.25, 0.3) is 0 Å². The van der Waals surface area contributed by atoms with E-state index in [-0.39, 0.29) is 36.6 Å². The van der Waals surface area contributed by atoms with E-state index in [4.69, 9.17) is 0 Å². The Morgan fingerprint density at radius 3 is 2.19 bits per heavy atom. The summed E-state index contributed by atoms with van der Waals surface area (Å²) in [4.78, 5) is 24.1. The molecule has 0 heterocycles. The molecule has 0 spiro atoms. The first kappa shape index (κ1) is 27.9. The van der Waals surface area contributed by atoms with Crippen molar-refractivity contribution in [2.45, 2.75) is 51.8 Å². The van der Waals surface area contributed by atoms with Gasteiger partial charge in [0.2, 0.25) is 11.8 Å². The van der Waals surface area contributed by atoms with Crippen molar-refractivity contribution >= 4 is 21.7 Å². The zero-order valence-corrected chi connectivity index (χ0v) is 19.6. The topological polar surface area (TPSA) is 125 Å². The van der Waals surface area contributed by atoms with Crippen LogP contribution in [0.2, 0.25) is 0 Å². The van der Waals surface area contributed by atoms with Crippen molar-refractivity contribution < 1.29 is 31.9 Å². The van der Waals surface area contributed by atoms with Gasteiger partial charge in [0.15, 0.2) is 0 Å². The molecule has 0 aromatic heterocycles. The molecule has 0 aliphatic carbocycles. The van der Waals surface area contributed by atoms with Gasteiger partial charge in [0.05, 0.1) is 23.9 Å². The van der Waals surface area contributed by atoms with Crippen LogP contribution < -0.4 is 16.0 Å². The third-order valence-electron chi connectivity index (χ3n) is 4.58. The number of aliphatic hydroxyl groups is 1. The van der Waals surface area contributed by atoms with Gasteiger partial charge in [-0.1, -0.05) is 13.8 Å². The predicted octanol–water partition coefficient (Wildman–Crippen LogP) is 0.538. The maximum Gasteiger partial charge on any atom is 0.237 e. The second-order valence-electron chi connectivity index (χ2n) is 8.37. The van der Waals surface area contributed by atoms with Gasteiger partial charge < -0.3 is 21.1 Å². The molecule has 0 bridgehead atoms. The minimum atomic E-state index is -3.31. The minimum absolute atomic E-state index is 0.00457. The Labute approximate surface area is 188 Å². The van der Waals surface area contributed by atoms with Crippen LogP contribution in [0.4, 0.5) is 8.78 Å². The lowest BCUT2D eigenvalue weighted by Crippen LogP contribution is -2.53. The van der Waals surface area contributed by atoms with Crippen LogP contribution in [0.1, 0.15) is 32.8 Å². The molecule has 2 amide bonds. The van der Waals surface area contributed by atoms with Gasteiger partial charge >= 0.3 is 0 Å². The summed E-state index contributed by atoms with van der Waals surface area (Å²) < 4.78 is 50.1. The highest BCUT2D eigenvalue weighted by atomic mass is 32.2. The summed E-state index contributed by atoms with van der Waals surface area (Å²) in [6, 6.07) is 1.15. The van der Waals surface area contributed by atoms with Crippen molar-refractivity contribution in [3.63, 3.8) is 0 Å². The first-order valence-corrected chi connectivity index (χ1v) is 12.4. The molecule has 0 fully saturated rings. The molecular weight excluding hydrogens is 444 g/mol. The molecule has 0 unspecified atom stereocenters. The van der Waals surface area contributed by atoms with Crippen molar-refractivity contribution in [3.8, 4) is 0 Å². The monoisotopic (exact) mass is 477 g/mol. The summed E-state index contributed by atoms with van der Waals surface area (Å²) in [5, 5.41) is 18.7. The molecule has 32 heavy (non-hydrogen) atoms. The summed E-state index contributed by atoms with van der Waals surface area (Å²) in [6.45, 7) is 5.31. The number of amides is 2. The van der Waals surface area contributed by atoms with Gasteiger partial charge in [-0.25, -0.2) is 17.2 Å². The summed E-state index contributed by atoms with van der Waals surface area (Å²) in [5.41, 5.74) is 0.239. The highest BCUT2D eigenvalue weighted by Gasteiger charge is 2.25. The number of halogens is 2. The predicted molar refractivity (Wildman–Crippen MR) is 118 cm³/mol. The minimum Gasteiger partial charge on any atom is -0.390 e. The SMILES string of the molecule is CC(=O)N[C@@H](Cc1cc(F)cc(F)c1)[C@H](O)CN[C@@H](CCS(C)(=O)=O)C(=O)NCC(C)C. The Morgan fingerprint density at radius 1 is 1.09 bits per heavy atom. The quantitative estimate of drug-likeness (QED) is 0.329. The van der Waals surface area contributed by atoms with Crippen molar-refractivity contribution in [1.29, 1.82) is 0 Å². The molecular formula is C21H33F2N3O5S. The highest BCUT2D eigenvalue weighted by Crippen LogP contribution is 2.12. The highest BCUT2D eigenvalue weighted by molar-refractivity contribution is 7.90. The molecule has 1 aromatic carbocycles. The summed E-state index contributed by atoms with van der Waals surface area (Å²) in [6.07, 6.45) is -0.209. The summed E-state index contributed by atoms with van der Waals surface area (Å²) in [5.74, 6) is -2.45. The van der Waals surface area contributed by atoms with Gasteiger partial charge in [0.25, 0.3) is 0 Å². The zero-order valence-electron chi connectivity index (χ0n) is 18.8. The molecule has 8 nitrogen and oxygen atoms in total. The number of nitrogens with one attached hydrogen (secondary N) is 3. The fraction of sp³-hybridized carbons (Fsp3) is 0.619. The van der Waals surface area contributed by atoms with Gasteiger partial charge in [0.1, 0.15) is 21.5 Å². The third kappa shape index (κ3) is 11.5. The Bertz CT molecular complexity index is 860. The third-order valence-corrected chi connectivity index (χ3v) is 5.56. The van der Waals surface area contributed by atoms with E-state index in [2.05, 4.69) is 16.0 Å². The van der Waals surface area contributed by atoms with E-state index < -0.39 is 51.5 Å². The van der Waals surface area contributed by atoms with Gasteiger partial charge in [-0.2, -0.15) is 0 Å². The van der Waals surface area contributed by atoms with E-state index >= 15 is 0 Å². The molecule has 0 radical (unpaired) electrons. The fourth-order valence-electron chi connectivity index (χ4n) is 3.02. The molecule has 182 valence electrons. The number of hydrogen-bond donors (Lipinski definition) is 4. The summed E-state index contributed by atoms with van der Waals surface area (Å²) in [7, 11) is -3.31. The van der Waals surface area contributed by atoms with Crippen LogP contribution in [-0.2, 0) is 25.8 Å². The van der Waals surface area contributed by atoms with Crippen LogP contribution in [0, 0.1) is 17.6 Å². The van der Waals surface area contributed by atoms with Crippen LogP contribution in [0.5, 0.6) is 0 Å². The number of aliphatic hydroxyl groups excluding tert-OH is 1. The molecule has 3 atom stereocenters. The molecule has 0 saturated heterocycles. The Balaban J connectivity index is 2.89. The van der Waals surface area contributed by atoms with E-state index in [1.165, 1.54) is 6.92 Å². The number of carbonyl (C=O) groups excluding carboxylic acids is 2. The lowest BCUT2D eigenvalue weighted by molar-refractivity contribution is -0.124. The van der Waals surface area contributed by atoms with E-state index in [0.29, 0.717) is 6.54 Å². The maximum atomic E-state index is 13.5. The lowest BCUT2D eigenvalue weighted by atomic mass is 10.00. The van der Waals surface area contributed by atoms with Crippen LogP contribution in [0.3, 0.4) is 0 Å². The number of carbonyl (C=O) groups is 2. The second-order valence-corrected chi connectivity index (χ2v) is 10.6. The molecule has 1 aromatic rings. The zero-order chi connectivity index (χ0) is 24.5. The normalized spacial score (nSPS) is 14.6. The number of sulfone groups is 1. The van der Waals surface area contributed by atoms with E-state index in [9.17, 15) is 31.9 Å². The van der Waals surface area contributed by atoms with Gasteiger partial charge in [-0.15, -0.1) is 0 Å². The average Bonchev–Trinajstić information content (AvgIpc) is 2.63. The fourth-order valence-corrected chi connectivity index (χ4v) is 3.68. The molecule has 1 rings (SSSR count). The van der Waals surface area contributed by atoms with E-state index in [1.54, 1.807) is 0 Å². The Hall–Kier alpha value is -2.11. The van der Waals surface area contributed by atoms with Gasteiger partial charge in [-0.05, 0) is 36.5 Å². The Kier molecular flexibility index (Phi) is 11.2. The van der Waals surface area contributed by atoms with E-state index in [1.807, 2.05) is 13.8 Å². The smallest absolute Gasteiger partial charge is 0.237 e. The van der Waals surface area contributed by atoms with Gasteiger partial charge in [-0.3, -0.25) is 9.59 Å². The molecule has 11 heteroatoms. The second kappa shape index (κ2) is 12.8. The number of benzene rings is 1. The standard InChI is InChI=1S/C21H33F2N3O5S/c1-13(2)11-25-21(29)18(5-6-32(4,30)31)24-12-20(28)19(26-14(3)27)9-15-7-16(22)10-17(23)8-15/h7-8,10,13,18-20,24,28H,5-6,9,11-12H2,1-4H3,(H,25,29)(H,26,27)/t18-,19-,20+/m0/s1. The van der Waals surface area contributed by atoms with Crippen LogP contribution in [-0.4, -0.2) is 68.6 Å². The van der Waals surface area contributed by atoms with E-state index in [0.717, 1.165) is 24.5 Å². The van der Waals surface area contributed by atoms with Crippen molar-refractivity contribution in [2.24, 2.45) is 5.92 Å². The largest absolute Gasteiger partial charge is 0.390 e. The first-order chi connectivity index (χ1) is 14.8. The molecule has 0 aliphatic rings. The summed E-state index contributed by atoms with van der Waals surface area (Å²) >= 11 is 0. The first-order valence-electron chi connectivity index (χ1n) is 10.4. The van der Waals surface area contributed by atoms with Crippen LogP contribution in [0.15, 0.2) is 18.2 Å². The number of hydrogen-bond acceptors (Lipinski definition) is 6. The average molecular weight is 478 g/mol. The molecule has 4 N–H and O–H groups in total. The van der Waals surface area contributed by atoms with Crippen LogP contribution >= 0.6 is 0 Å². The molecule has 0 saturated carbocycles. The Morgan fingerprint density at radius 2 is 1.69 bits per heavy atom. The lowest BCUT2D eigenvalue weighted by Gasteiger charge is -2.26.